The lowest BCUT2D eigenvalue weighted by Gasteiger charge is -2.20. The summed E-state index contributed by atoms with van der Waals surface area (Å²) in [4.78, 5) is 4.52. The number of nitrogens with zero attached hydrogens (tertiary/aromatic N) is 1. The normalized spacial score (nSPS) is 31.6. The Morgan fingerprint density at radius 3 is 2.83 bits per heavy atom. The third-order valence-electron chi connectivity index (χ3n) is 1.99. The predicted octanol–water partition coefficient (Wildman–Crippen LogP) is 1.90. The van der Waals surface area contributed by atoms with Gasteiger partial charge in [0.15, 0.2) is 0 Å². The average molecular weight is 186 g/mol. The van der Waals surface area contributed by atoms with Crippen LogP contribution in [0.4, 0.5) is 0 Å². The van der Waals surface area contributed by atoms with Crippen LogP contribution in [0.2, 0.25) is 0 Å². The summed E-state index contributed by atoms with van der Waals surface area (Å²) in [5.41, 5.74) is 6.02. The van der Waals surface area contributed by atoms with Crippen molar-refractivity contribution >= 4 is 16.8 Å². The average Bonchev–Trinajstić information content (AvgIpc) is 2.10. The second kappa shape index (κ2) is 3.79. The van der Waals surface area contributed by atoms with E-state index in [1.54, 1.807) is 0 Å². The van der Waals surface area contributed by atoms with Crippen molar-refractivity contribution in [3.63, 3.8) is 0 Å². The van der Waals surface area contributed by atoms with Crippen molar-refractivity contribution in [2.24, 2.45) is 16.6 Å². The zero-order chi connectivity index (χ0) is 9.19. The highest BCUT2D eigenvalue weighted by molar-refractivity contribution is 8.14. The van der Waals surface area contributed by atoms with E-state index in [0.29, 0.717) is 5.92 Å². The van der Waals surface area contributed by atoms with Gasteiger partial charge in [-0.05, 0) is 13.3 Å². The topological polar surface area (TPSA) is 38.4 Å². The molecular formula is C9H18N2S. The summed E-state index contributed by atoms with van der Waals surface area (Å²) in [7, 11) is 0. The zero-order valence-electron chi connectivity index (χ0n) is 8.13. The molecule has 1 aliphatic rings. The number of thioether (sulfide) groups is 1. The highest BCUT2D eigenvalue weighted by atomic mass is 32.2. The van der Waals surface area contributed by atoms with Crippen LogP contribution < -0.4 is 5.73 Å². The molecule has 1 atom stereocenters. The van der Waals surface area contributed by atoms with Crippen molar-refractivity contribution in [1.82, 2.24) is 0 Å². The molecule has 0 aromatic rings. The van der Waals surface area contributed by atoms with Gasteiger partial charge in [0.1, 0.15) is 0 Å². The van der Waals surface area contributed by atoms with Crippen molar-refractivity contribution in [1.29, 1.82) is 0 Å². The Morgan fingerprint density at radius 1 is 1.58 bits per heavy atom. The molecule has 1 rings (SSSR count). The smallest absolute Gasteiger partial charge is 0.0702 e. The molecule has 0 aliphatic carbocycles. The summed E-state index contributed by atoms with van der Waals surface area (Å²) in [5, 5.41) is 1.27. The van der Waals surface area contributed by atoms with E-state index < -0.39 is 0 Å². The van der Waals surface area contributed by atoms with Gasteiger partial charge in [-0.3, -0.25) is 4.99 Å². The number of nitrogens with two attached hydrogens (primary N) is 1. The highest BCUT2D eigenvalue weighted by Gasteiger charge is 2.22. The largest absolute Gasteiger partial charge is 0.325 e. The summed E-state index contributed by atoms with van der Waals surface area (Å²) in [6.45, 7) is 7.38. The molecule has 0 fully saturated rings. The lowest BCUT2D eigenvalue weighted by molar-refractivity contribution is 0.496. The number of hydrogen-bond donors (Lipinski definition) is 1. The van der Waals surface area contributed by atoms with E-state index in [0.717, 1.165) is 18.7 Å². The van der Waals surface area contributed by atoms with E-state index in [4.69, 9.17) is 5.73 Å². The fraction of sp³-hybridized carbons (Fsp3) is 0.889. The maximum Gasteiger partial charge on any atom is 0.0702 e. The molecule has 3 heteroatoms. The molecule has 12 heavy (non-hydrogen) atoms. The lowest BCUT2D eigenvalue weighted by atomic mass is 10.0. The van der Waals surface area contributed by atoms with Gasteiger partial charge in [0, 0.05) is 23.8 Å². The first kappa shape index (κ1) is 10.1. The highest BCUT2D eigenvalue weighted by Crippen LogP contribution is 2.23. The number of rotatable bonds is 1. The summed E-state index contributed by atoms with van der Waals surface area (Å²) in [6.07, 6.45) is 1.01. The molecular weight excluding hydrogens is 168 g/mol. The summed E-state index contributed by atoms with van der Waals surface area (Å²) < 4.78 is 0. The first-order valence-electron chi connectivity index (χ1n) is 4.47. The van der Waals surface area contributed by atoms with Crippen LogP contribution in [0, 0.1) is 5.92 Å². The molecule has 0 saturated heterocycles. The molecule has 1 heterocycles. The Hall–Kier alpha value is -0.0200. The van der Waals surface area contributed by atoms with Gasteiger partial charge in [-0.15, -0.1) is 11.8 Å². The molecule has 1 unspecified atom stereocenters. The zero-order valence-corrected chi connectivity index (χ0v) is 8.95. The predicted molar refractivity (Wildman–Crippen MR) is 56.8 cm³/mol. The van der Waals surface area contributed by atoms with E-state index in [9.17, 15) is 0 Å². The van der Waals surface area contributed by atoms with E-state index in [1.807, 2.05) is 11.8 Å². The van der Waals surface area contributed by atoms with E-state index >= 15 is 0 Å². The molecule has 0 aromatic carbocycles. The van der Waals surface area contributed by atoms with Gasteiger partial charge in [0.05, 0.1) is 5.04 Å². The molecule has 70 valence electrons. The molecule has 0 aromatic heterocycles. The van der Waals surface area contributed by atoms with Gasteiger partial charge in [0.25, 0.3) is 0 Å². The van der Waals surface area contributed by atoms with Gasteiger partial charge in [-0.2, -0.15) is 0 Å². The number of hydrogen-bond acceptors (Lipinski definition) is 3. The maximum atomic E-state index is 6.05. The Morgan fingerprint density at radius 2 is 2.25 bits per heavy atom. The van der Waals surface area contributed by atoms with Crippen LogP contribution in [-0.2, 0) is 0 Å². The minimum atomic E-state index is -0.0230. The van der Waals surface area contributed by atoms with Gasteiger partial charge in [-0.25, -0.2) is 0 Å². The minimum absolute atomic E-state index is 0.0230. The van der Waals surface area contributed by atoms with Gasteiger partial charge in [-0.1, -0.05) is 13.8 Å². The summed E-state index contributed by atoms with van der Waals surface area (Å²) >= 11 is 1.82. The van der Waals surface area contributed by atoms with Crippen molar-refractivity contribution in [2.45, 2.75) is 32.7 Å². The van der Waals surface area contributed by atoms with Crippen LogP contribution in [0.1, 0.15) is 27.2 Å². The van der Waals surface area contributed by atoms with Crippen molar-refractivity contribution in [2.75, 3.05) is 12.3 Å². The molecule has 0 bridgehead atoms. The number of aliphatic imine (C=N–C) groups is 1. The second-order valence-electron chi connectivity index (χ2n) is 4.07. The van der Waals surface area contributed by atoms with Crippen molar-refractivity contribution in [3.05, 3.63) is 0 Å². The monoisotopic (exact) mass is 186 g/mol. The van der Waals surface area contributed by atoms with Gasteiger partial charge >= 0.3 is 0 Å². The minimum Gasteiger partial charge on any atom is -0.325 e. The quantitative estimate of drug-likeness (QED) is 0.679. The van der Waals surface area contributed by atoms with Gasteiger partial charge < -0.3 is 5.73 Å². The van der Waals surface area contributed by atoms with Crippen LogP contribution in [0.25, 0.3) is 0 Å². The van der Waals surface area contributed by atoms with Crippen molar-refractivity contribution < 1.29 is 0 Å². The van der Waals surface area contributed by atoms with Crippen LogP contribution in [0.15, 0.2) is 4.99 Å². The molecule has 0 amide bonds. The third-order valence-corrected chi connectivity index (χ3v) is 3.69. The Labute approximate surface area is 79.0 Å². The van der Waals surface area contributed by atoms with Crippen LogP contribution in [0.5, 0.6) is 0 Å². The van der Waals surface area contributed by atoms with E-state index in [1.165, 1.54) is 5.04 Å². The third kappa shape index (κ3) is 2.79. The fourth-order valence-electron chi connectivity index (χ4n) is 1.13. The van der Waals surface area contributed by atoms with E-state index in [-0.39, 0.29) is 5.54 Å². The van der Waals surface area contributed by atoms with Crippen molar-refractivity contribution in [3.8, 4) is 0 Å². The molecule has 0 radical (unpaired) electrons. The molecule has 0 spiro atoms. The Balaban J connectivity index is 2.56. The summed E-state index contributed by atoms with van der Waals surface area (Å²) in [5.74, 6) is 1.56. The Kier molecular flexibility index (Phi) is 3.18. The van der Waals surface area contributed by atoms with E-state index in [2.05, 4.69) is 25.8 Å². The molecule has 2 N–H and O–H groups in total. The first-order chi connectivity index (χ1) is 5.51. The standard InChI is InChI=1S/C9H18N2S/c1-7(2)8-11-5-4-9(3,10)6-12-8/h7H,4-6,10H2,1-3H3. The molecule has 0 saturated carbocycles. The Bertz CT molecular complexity index is 185. The van der Waals surface area contributed by atoms with Crippen LogP contribution in [-0.4, -0.2) is 22.9 Å². The van der Waals surface area contributed by atoms with Gasteiger partial charge in [0.2, 0.25) is 0 Å². The first-order valence-corrected chi connectivity index (χ1v) is 5.46. The van der Waals surface area contributed by atoms with Crippen LogP contribution in [0.3, 0.4) is 0 Å². The second-order valence-corrected chi connectivity index (χ2v) is 5.06. The van der Waals surface area contributed by atoms with Crippen LogP contribution >= 0.6 is 11.8 Å². The SMILES string of the molecule is CC(C)C1=NCCC(C)(N)CS1. The molecule has 1 aliphatic heterocycles. The lowest BCUT2D eigenvalue weighted by Crippen LogP contribution is -2.39. The maximum absolute atomic E-state index is 6.05. The molecule has 2 nitrogen and oxygen atoms in total. The summed E-state index contributed by atoms with van der Waals surface area (Å²) in [6, 6.07) is 0. The fourth-order valence-corrected chi connectivity index (χ4v) is 2.27.